The first-order chi connectivity index (χ1) is 6.99. The van der Waals surface area contributed by atoms with Crippen LogP contribution in [-0.4, -0.2) is 14.7 Å². The molecular weight excluding hydrogens is 222 g/mol. The van der Waals surface area contributed by atoms with Crippen LogP contribution in [0.5, 0.6) is 0 Å². The van der Waals surface area contributed by atoms with Crippen molar-refractivity contribution in [1.82, 2.24) is 0 Å². The fourth-order valence-electron chi connectivity index (χ4n) is 1.12. The van der Waals surface area contributed by atoms with Crippen molar-refractivity contribution in [3.63, 3.8) is 0 Å². The van der Waals surface area contributed by atoms with Gasteiger partial charge >= 0.3 is 5.70 Å². The van der Waals surface area contributed by atoms with Gasteiger partial charge in [-0.3, -0.25) is 20.2 Å². The van der Waals surface area contributed by atoms with Crippen LogP contribution in [0.3, 0.4) is 0 Å². The topological polar surface area (TPSA) is 110 Å². The van der Waals surface area contributed by atoms with Crippen molar-refractivity contribution in [1.29, 1.82) is 5.26 Å². The van der Waals surface area contributed by atoms with E-state index >= 15 is 0 Å². The SMILES string of the molecule is N#CC1=C([N+](=O)[O-])C(=S)CC=C1[N+](=O)[O-]. The third-order valence-electron chi connectivity index (χ3n) is 1.73. The van der Waals surface area contributed by atoms with Crippen LogP contribution in [0.2, 0.25) is 0 Å². The molecule has 0 unspecified atom stereocenters. The average Bonchev–Trinajstić information content (AvgIpc) is 2.15. The largest absolute Gasteiger partial charge is 0.308 e. The molecule has 0 spiro atoms. The van der Waals surface area contributed by atoms with Gasteiger partial charge < -0.3 is 0 Å². The fraction of sp³-hybridized carbons (Fsp3) is 0.143. The minimum Gasteiger partial charge on any atom is -0.258 e. The van der Waals surface area contributed by atoms with Crippen LogP contribution in [0.25, 0.3) is 0 Å². The highest BCUT2D eigenvalue weighted by atomic mass is 32.1. The third-order valence-corrected chi connectivity index (χ3v) is 2.09. The zero-order chi connectivity index (χ0) is 11.6. The molecule has 0 heterocycles. The smallest absolute Gasteiger partial charge is 0.258 e. The number of hydrogen-bond acceptors (Lipinski definition) is 6. The molecule has 0 aromatic carbocycles. The third kappa shape index (κ3) is 1.87. The van der Waals surface area contributed by atoms with Gasteiger partial charge in [0.1, 0.15) is 6.07 Å². The van der Waals surface area contributed by atoms with E-state index in [0.717, 1.165) is 6.08 Å². The lowest BCUT2D eigenvalue weighted by molar-refractivity contribution is -0.431. The molecule has 0 saturated carbocycles. The van der Waals surface area contributed by atoms with E-state index in [1.807, 2.05) is 0 Å². The van der Waals surface area contributed by atoms with Gasteiger partial charge in [0.15, 0.2) is 0 Å². The van der Waals surface area contributed by atoms with Gasteiger partial charge in [-0.2, -0.15) is 5.26 Å². The van der Waals surface area contributed by atoms with Gasteiger partial charge in [0.25, 0.3) is 5.70 Å². The van der Waals surface area contributed by atoms with Crippen LogP contribution in [0.15, 0.2) is 23.0 Å². The molecule has 0 N–H and O–H groups in total. The van der Waals surface area contributed by atoms with Gasteiger partial charge in [0.2, 0.25) is 5.57 Å². The minimum atomic E-state index is -0.864. The molecule has 0 saturated heterocycles. The van der Waals surface area contributed by atoms with E-state index in [1.165, 1.54) is 6.07 Å². The molecule has 1 aliphatic rings. The van der Waals surface area contributed by atoms with Crippen LogP contribution in [0, 0.1) is 31.6 Å². The van der Waals surface area contributed by atoms with Gasteiger partial charge in [0, 0.05) is 12.5 Å². The summed E-state index contributed by atoms with van der Waals surface area (Å²) in [7, 11) is 0. The summed E-state index contributed by atoms with van der Waals surface area (Å²) in [5.74, 6) is 0. The summed E-state index contributed by atoms with van der Waals surface area (Å²) >= 11 is 4.67. The molecule has 0 aromatic rings. The van der Waals surface area contributed by atoms with E-state index in [9.17, 15) is 20.2 Å². The second-order valence-electron chi connectivity index (χ2n) is 2.57. The van der Waals surface area contributed by atoms with Crippen molar-refractivity contribution in [2.45, 2.75) is 6.42 Å². The number of nitrogens with zero attached hydrogens (tertiary/aromatic N) is 3. The van der Waals surface area contributed by atoms with Gasteiger partial charge in [-0.15, -0.1) is 0 Å². The summed E-state index contributed by atoms with van der Waals surface area (Å²) in [5.41, 5.74) is -1.78. The molecule has 0 aromatic heterocycles. The lowest BCUT2D eigenvalue weighted by atomic mass is 10.0. The Morgan fingerprint density at radius 1 is 1.40 bits per heavy atom. The normalized spacial score (nSPS) is 15.7. The maximum absolute atomic E-state index is 10.6. The number of rotatable bonds is 2. The Hall–Kier alpha value is -2.14. The standard InChI is InChI=1S/C7H3N3O4S/c8-3-4-5(9(11)12)1-2-6(15)7(4)10(13)14/h1H,2H2. The van der Waals surface area contributed by atoms with E-state index < -0.39 is 26.8 Å². The fourth-order valence-corrected chi connectivity index (χ4v) is 1.38. The van der Waals surface area contributed by atoms with Crippen molar-refractivity contribution in [3.8, 4) is 6.07 Å². The second-order valence-corrected chi connectivity index (χ2v) is 3.06. The molecule has 8 heteroatoms. The summed E-state index contributed by atoms with van der Waals surface area (Å²) < 4.78 is 0. The Kier molecular flexibility index (Phi) is 2.87. The summed E-state index contributed by atoms with van der Waals surface area (Å²) in [5, 5.41) is 29.7. The van der Waals surface area contributed by atoms with E-state index in [1.54, 1.807) is 0 Å². The molecule has 0 bridgehead atoms. The van der Waals surface area contributed by atoms with E-state index in [-0.39, 0.29) is 11.3 Å². The molecule has 0 aliphatic heterocycles. The summed E-state index contributed by atoms with van der Waals surface area (Å²) in [4.78, 5) is 19.3. The minimum absolute atomic E-state index is 0.0624. The number of hydrogen-bond donors (Lipinski definition) is 0. The second kappa shape index (κ2) is 3.93. The quantitative estimate of drug-likeness (QED) is 0.393. The average molecular weight is 225 g/mol. The monoisotopic (exact) mass is 225 g/mol. The molecule has 1 rings (SSSR count). The lowest BCUT2D eigenvalue weighted by Crippen LogP contribution is -2.19. The highest BCUT2D eigenvalue weighted by molar-refractivity contribution is 7.80. The summed E-state index contributed by atoms with van der Waals surface area (Å²) in [6.45, 7) is 0. The maximum Gasteiger partial charge on any atom is 0.308 e. The first-order valence-corrected chi connectivity index (χ1v) is 4.06. The van der Waals surface area contributed by atoms with Crippen LogP contribution < -0.4 is 0 Å². The van der Waals surface area contributed by atoms with Gasteiger partial charge in [-0.25, -0.2) is 0 Å². The Balaban J connectivity index is 3.43. The Morgan fingerprint density at radius 3 is 2.40 bits per heavy atom. The lowest BCUT2D eigenvalue weighted by Gasteiger charge is -2.05. The number of thiocarbonyl (C=S) groups is 1. The van der Waals surface area contributed by atoms with Crippen molar-refractivity contribution >= 4 is 17.1 Å². The molecule has 0 fully saturated rings. The molecule has 1 aliphatic carbocycles. The first-order valence-electron chi connectivity index (χ1n) is 3.66. The molecule has 7 nitrogen and oxygen atoms in total. The van der Waals surface area contributed by atoms with Crippen molar-refractivity contribution in [2.75, 3.05) is 0 Å². The maximum atomic E-state index is 10.6. The van der Waals surface area contributed by atoms with Gasteiger partial charge in [0.05, 0.1) is 14.7 Å². The zero-order valence-electron chi connectivity index (χ0n) is 7.17. The number of nitriles is 1. The summed E-state index contributed by atoms with van der Waals surface area (Å²) in [6.07, 6.45) is 1.04. The highest BCUT2D eigenvalue weighted by Gasteiger charge is 2.35. The van der Waals surface area contributed by atoms with E-state index in [4.69, 9.17) is 5.26 Å². The highest BCUT2D eigenvalue weighted by Crippen LogP contribution is 2.24. The molecule has 0 atom stereocenters. The van der Waals surface area contributed by atoms with Gasteiger partial charge in [-0.05, 0) is 0 Å². The Bertz CT molecular complexity index is 471. The number of nitro groups is 2. The predicted molar refractivity (Wildman–Crippen MR) is 51.9 cm³/mol. The summed E-state index contributed by atoms with van der Waals surface area (Å²) in [6, 6.07) is 1.44. The van der Waals surface area contributed by atoms with Crippen LogP contribution in [-0.2, 0) is 0 Å². The van der Waals surface area contributed by atoms with Crippen molar-refractivity contribution in [3.05, 3.63) is 43.3 Å². The molecule has 0 amide bonds. The molecule has 76 valence electrons. The van der Waals surface area contributed by atoms with E-state index in [0.29, 0.717) is 0 Å². The Morgan fingerprint density at radius 2 is 2.00 bits per heavy atom. The van der Waals surface area contributed by atoms with Crippen molar-refractivity contribution in [2.24, 2.45) is 0 Å². The zero-order valence-corrected chi connectivity index (χ0v) is 7.98. The van der Waals surface area contributed by atoms with E-state index in [2.05, 4.69) is 12.2 Å². The number of allylic oxidation sites excluding steroid dienone is 3. The van der Waals surface area contributed by atoms with Crippen molar-refractivity contribution < 1.29 is 9.85 Å². The molecular formula is C7H3N3O4S. The molecule has 0 radical (unpaired) electrons. The Labute approximate surface area is 88.6 Å². The predicted octanol–water partition coefficient (Wildman–Crippen LogP) is 0.975. The van der Waals surface area contributed by atoms with Crippen LogP contribution >= 0.6 is 12.2 Å². The van der Waals surface area contributed by atoms with Crippen LogP contribution in [0.4, 0.5) is 0 Å². The van der Waals surface area contributed by atoms with Gasteiger partial charge in [-0.1, -0.05) is 12.2 Å². The molecule has 15 heavy (non-hydrogen) atoms. The first kappa shape index (κ1) is 10.9. The van der Waals surface area contributed by atoms with Crippen LogP contribution in [0.1, 0.15) is 6.42 Å².